The van der Waals surface area contributed by atoms with Gasteiger partial charge in [0.05, 0.1) is 11.2 Å². The number of hydrogen-bond acceptors (Lipinski definition) is 1. The molecule has 2 rings (SSSR count). The molecule has 1 aliphatic rings. The topological polar surface area (TPSA) is 20.2 Å². The molecular weight excluding hydrogens is 222 g/mol. The molecule has 0 saturated heterocycles. The Kier molecular flexibility index (Phi) is 3.21. The second kappa shape index (κ2) is 4.37. The maximum Gasteiger partial charge on any atom is 0.135 e. The summed E-state index contributed by atoms with van der Waals surface area (Å²) in [5.41, 5.74) is -1.22. The third-order valence-corrected chi connectivity index (χ3v) is 3.73. The van der Waals surface area contributed by atoms with Crippen molar-refractivity contribution in [3.8, 4) is 0 Å². The summed E-state index contributed by atoms with van der Waals surface area (Å²) in [5, 5.41) is 10.3. The summed E-state index contributed by atoms with van der Waals surface area (Å²) >= 11 is 0. The highest BCUT2D eigenvalue weighted by Gasteiger charge is 2.35. The van der Waals surface area contributed by atoms with Gasteiger partial charge in [0, 0.05) is 0 Å². The van der Waals surface area contributed by atoms with Crippen LogP contribution >= 0.6 is 0 Å². The molecule has 1 saturated carbocycles. The predicted molar refractivity (Wildman–Crippen MR) is 62.6 cm³/mol. The van der Waals surface area contributed by atoms with Gasteiger partial charge in [-0.2, -0.15) is 0 Å². The molecule has 3 heteroatoms. The minimum absolute atomic E-state index is 0.176. The first-order chi connectivity index (χ1) is 7.92. The molecule has 1 unspecified atom stereocenters. The zero-order valence-electron chi connectivity index (χ0n) is 10.3. The maximum atomic E-state index is 13.9. The van der Waals surface area contributed by atoms with Crippen LogP contribution in [0.5, 0.6) is 0 Å². The lowest BCUT2D eigenvalue weighted by atomic mass is 9.75. The molecule has 17 heavy (non-hydrogen) atoms. The van der Waals surface area contributed by atoms with Gasteiger partial charge in [0.2, 0.25) is 0 Å². The van der Waals surface area contributed by atoms with E-state index in [1.165, 1.54) is 19.1 Å². The van der Waals surface area contributed by atoms with Gasteiger partial charge in [-0.05, 0) is 37.8 Å². The van der Waals surface area contributed by atoms with Crippen molar-refractivity contribution in [1.82, 2.24) is 0 Å². The highest BCUT2D eigenvalue weighted by atomic mass is 19.1. The van der Waals surface area contributed by atoms with Gasteiger partial charge < -0.3 is 5.11 Å². The first-order valence-corrected chi connectivity index (χ1v) is 6.09. The summed E-state index contributed by atoms with van der Waals surface area (Å²) in [7, 11) is 0. The molecule has 0 heterocycles. The largest absolute Gasteiger partial charge is 0.385 e. The van der Waals surface area contributed by atoms with Gasteiger partial charge in [0.25, 0.3) is 0 Å². The van der Waals surface area contributed by atoms with Crippen molar-refractivity contribution < 1.29 is 13.9 Å². The van der Waals surface area contributed by atoms with E-state index < -0.39 is 17.2 Å². The standard InChI is InChI=1S/C14H18F2O/c1-9-6-7-11(15)12(13(9)16)14(2,17)8-10-4-3-5-10/h6-7,10,17H,3-5,8H2,1-2H3. The van der Waals surface area contributed by atoms with Gasteiger partial charge in [0.1, 0.15) is 11.6 Å². The van der Waals surface area contributed by atoms with Gasteiger partial charge in [-0.15, -0.1) is 0 Å². The molecule has 0 bridgehead atoms. The molecule has 0 spiro atoms. The SMILES string of the molecule is Cc1ccc(F)c(C(C)(O)CC2CCC2)c1F. The Balaban J connectivity index is 2.33. The summed E-state index contributed by atoms with van der Waals surface area (Å²) in [6, 6.07) is 2.62. The number of aryl methyl sites for hydroxylation is 1. The fraction of sp³-hybridized carbons (Fsp3) is 0.571. The van der Waals surface area contributed by atoms with Crippen LogP contribution in [0.15, 0.2) is 12.1 Å². The van der Waals surface area contributed by atoms with Crippen molar-refractivity contribution >= 4 is 0 Å². The van der Waals surface area contributed by atoms with Gasteiger partial charge in [-0.1, -0.05) is 25.3 Å². The molecule has 1 N–H and O–H groups in total. The van der Waals surface area contributed by atoms with Crippen LogP contribution in [0.1, 0.15) is 43.7 Å². The van der Waals surface area contributed by atoms with Crippen LogP contribution in [-0.2, 0) is 5.60 Å². The first kappa shape index (κ1) is 12.5. The quantitative estimate of drug-likeness (QED) is 0.854. The van der Waals surface area contributed by atoms with Gasteiger partial charge in [0.15, 0.2) is 0 Å². The van der Waals surface area contributed by atoms with Crippen molar-refractivity contribution in [2.75, 3.05) is 0 Å². The number of hydrogen-bond donors (Lipinski definition) is 1. The molecule has 1 atom stereocenters. The molecule has 1 aromatic rings. The Labute approximate surface area is 100 Å². The Morgan fingerprint density at radius 2 is 2.00 bits per heavy atom. The van der Waals surface area contributed by atoms with Crippen LogP contribution in [0.4, 0.5) is 8.78 Å². The number of rotatable bonds is 3. The van der Waals surface area contributed by atoms with Gasteiger partial charge in [-0.25, -0.2) is 8.78 Å². The van der Waals surface area contributed by atoms with E-state index in [0.29, 0.717) is 17.9 Å². The molecule has 0 amide bonds. The lowest BCUT2D eigenvalue weighted by molar-refractivity contribution is 0.00978. The normalized spacial score (nSPS) is 19.8. The Morgan fingerprint density at radius 3 is 2.53 bits per heavy atom. The lowest BCUT2D eigenvalue weighted by Gasteiger charge is -2.34. The van der Waals surface area contributed by atoms with E-state index in [1.807, 2.05) is 0 Å². The monoisotopic (exact) mass is 240 g/mol. The number of halogens is 2. The summed E-state index contributed by atoms with van der Waals surface area (Å²) in [4.78, 5) is 0. The minimum atomic E-state index is -1.41. The third kappa shape index (κ3) is 2.34. The van der Waals surface area contributed by atoms with Crippen LogP contribution in [0.25, 0.3) is 0 Å². The molecule has 0 aliphatic heterocycles. The Morgan fingerprint density at radius 1 is 1.35 bits per heavy atom. The molecule has 1 fully saturated rings. The van der Waals surface area contributed by atoms with Crippen LogP contribution < -0.4 is 0 Å². The molecular formula is C14H18F2O. The van der Waals surface area contributed by atoms with Crippen molar-refractivity contribution in [3.05, 3.63) is 34.9 Å². The van der Waals surface area contributed by atoms with E-state index in [2.05, 4.69) is 0 Å². The zero-order chi connectivity index (χ0) is 12.6. The van der Waals surface area contributed by atoms with Crippen LogP contribution in [-0.4, -0.2) is 5.11 Å². The van der Waals surface area contributed by atoms with Crippen LogP contribution in [0.2, 0.25) is 0 Å². The highest BCUT2D eigenvalue weighted by molar-refractivity contribution is 5.31. The van der Waals surface area contributed by atoms with Gasteiger partial charge in [-0.3, -0.25) is 0 Å². The average molecular weight is 240 g/mol. The number of benzene rings is 1. The van der Waals surface area contributed by atoms with E-state index in [9.17, 15) is 13.9 Å². The first-order valence-electron chi connectivity index (χ1n) is 6.09. The van der Waals surface area contributed by atoms with Gasteiger partial charge >= 0.3 is 0 Å². The van der Waals surface area contributed by atoms with Crippen molar-refractivity contribution in [3.63, 3.8) is 0 Å². The smallest absolute Gasteiger partial charge is 0.135 e. The summed E-state index contributed by atoms with van der Waals surface area (Å²) < 4.78 is 27.6. The fourth-order valence-electron chi connectivity index (χ4n) is 2.51. The summed E-state index contributed by atoms with van der Waals surface area (Å²) in [5.74, 6) is -0.879. The van der Waals surface area contributed by atoms with Crippen molar-refractivity contribution in [2.45, 2.75) is 45.1 Å². The van der Waals surface area contributed by atoms with Crippen LogP contribution in [0, 0.1) is 24.5 Å². The molecule has 94 valence electrons. The Bertz CT molecular complexity index is 422. The third-order valence-electron chi connectivity index (χ3n) is 3.73. The molecule has 1 nitrogen and oxygen atoms in total. The van der Waals surface area contributed by atoms with E-state index in [0.717, 1.165) is 19.3 Å². The van der Waals surface area contributed by atoms with Crippen molar-refractivity contribution in [2.24, 2.45) is 5.92 Å². The van der Waals surface area contributed by atoms with E-state index in [1.54, 1.807) is 6.92 Å². The lowest BCUT2D eigenvalue weighted by Crippen LogP contribution is -2.30. The Hall–Kier alpha value is -0.960. The van der Waals surface area contributed by atoms with Crippen molar-refractivity contribution in [1.29, 1.82) is 0 Å². The van der Waals surface area contributed by atoms with Crippen LogP contribution in [0.3, 0.4) is 0 Å². The summed E-state index contributed by atoms with van der Waals surface area (Å²) in [6.07, 6.45) is 3.68. The zero-order valence-corrected chi connectivity index (χ0v) is 10.3. The molecule has 0 aromatic heterocycles. The molecule has 1 aliphatic carbocycles. The predicted octanol–water partition coefficient (Wildman–Crippen LogP) is 3.67. The van der Waals surface area contributed by atoms with E-state index >= 15 is 0 Å². The molecule has 0 radical (unpaired) electrons. The maximum absolute atomic E-state index is 13.9. The second-order valence-electron chi connectivity index (χ2n) is 5.33. The fourth-order valence-corrected chi connectivity index (χ4v) is 2.51. The molecule has 1 aromatic carbocycles. The highest BCUT2D eigenvalue weighted by Crippen LogP contribution is 2.39. The minimum Gasteiger partial charge on any atom is -0.385 e. The average Bonchev–Trinajstić information content (AvgIpc) is 2.18. The van der Waals surface area contributed by atoms with E-state index in [4.69, 9.17) is 0 Å². The summed E-state index contributed by atoms with van der Waals surface area (Å²) in [6.45, 7) is 3.09. The van der Waals surface area contributed by atoms with E-state index in [-0.39, 0.29) is 5.56 Å². The number of aliphatic hydroxyl groups is 1. The second-order valence-corrected chi connectivity index (χ2v) is 5.33.